The van der Waals surface area contributed by atoms with Gasteiger partial charge in [-0.05, 0) is 25.9 Å². The number of fused-ring (bicyclic) bond motifs is 1. The zero-order valence-electron chi connectivity index (χ0n) is 10.9. The second-order valence-electron chi connectivity index (χ2n) is 5.20. The first kappa shape index (κ1) is 12.3. The van der Waals surface area contributed by atoms with Gasteiger partial charge in [-0.2, -0.15) is 0 Å². The minimum absolute atomic E-state index is 0.411. The first-order valence-corrected chi connectivity index (χ1v) is 6.76. The maximum Gasteiger partial charge on any atom is 0.407 e. The van der Waals surface area contributed by atoms with Crippen molar-refractivity contribution in [2.75, 3.05) is 19.6 Å². The van der Waals surface area contributed by atoms with Crippen molar-refractivity contribution < 1.29 is 9.90 Å². The monoisotopic (exact) mass is 262 g/mol. The molecule has 1 aromatic heterocycles. The van der Waals surface area contributed by atoms with Crippen molar-refractivity contribution in [1.82, 2.24) is 19.8 Å². The largest absolute Gasteiger partial charge is 0.465 e. The topological polar surface area (TPSA) is 69.6 Å². The zero-order chi connectivity index (χ0) is 13.2. The number of hydrogen-bond acceptors (Lipinski definition) is 4. The van der Waals surface area contributed by atoms with Gasteiger partial charge in [0.1, 0.15) is 5.82 Å². The molecule has 0 atom stereocenters. The van der Waals surface area contributed by atoms with E-state index in [2.05, 4.69) is 14.9 Å². The lowest BCUT2D eigenvalue weighted by molar-refractivity contribution is 0.139. The van der Waals surface area contributed by atoms with Crippen molar-refractivity contribution in [3.8, 4) is 0 Å². The molecule has 1 amide bonds. The van der Waals surface area contributed by atoms with E-state index in [9.17, 15) is 4.79 Å². The van der Waals surface area contributed by atoms with E-state index in [4.69, 9.17) is 5.11 Å². The third kappa shape index (κ3) is 2.68. The molecule has 0 aromatic carbocycles. The first-order valence-electron chi connectivity index (χ1n) is 6.76. The number of nitrogens with zero attached hydrogens (tertiary/aromatic N) is 4. The van der Waals surface area contributed by atoms with Gasteiger partial charge in [0.15, 0.2) is 0 Å². The van der Waals surface area contributed by atoms with Crippen LogP contribution in [-0.4, -0.2) is 50.6 Å². The summed E-state index contributed by atoms with van der Waals surface area (Å²) >= 11 is 0. The molecular weight excluding hydrogens is 244 g/mol. The number of hydrogen-bond donors (Lipinski definition) is 1. The van der Waals surface area contributed by atoms with Gasteiger partial charge in [-0.25, -0.2) is 14.8 Å². The van der Waals surface area contributed by atoms with Gasteiger partial charge in [0.05, 0.1) is 18.8 Å². The Kier molecular flexibility index (Phi) is 3.33. The third-order valence-corrected chi connectivity index (χ3v) is 3.82. The molecule has 0 radical (unpaired) electrons. The van der Waals surface area contributed by atoms with Crippen molar-refractivity contribution >= 4 is 6.09 Å². The summed E-state index contributed by atoms with van der Waals surface area (Å²) < 4.78 is 0. The average molecular weight is 262 g/mol. The molecule has 1 aromatic rings. The van der Waals surface area contributed by atoms with Gasteiger partial charge < -0.3 is 10.0 Å². The van der Waals surface area contributed by atoms with E-state index in [1.807, 2.05) is 0 Å². The first-order chi connectivity index (χ1) is 9.22. The van der Waals surface area contributed by atoms with Crippen LogP contribution in [0.25, 0.3) is 0 Å². The third-order valence-electron chi connectivity index (χ3n) is 3.82. The van der Waals surface area contributed by atoms with Gasteiger partial charge in [-0.15, -0.1) is 0 Å². The zero-order valence-corrected chi connectivity index (χ0v) is 10.9. The van der Waals surface area contributed by atoms with Crippen molar-refractivity contribution in [2.45, 2.75) is 32.4 Å². The van der Waals surface area contributed by atoms with E-state index in [1.54, 1.807) is 6.20 Å². The van der Waals surface area contributed by atoms with Crippen molar-refractivity contribution in [3.05, 3.63) is 23.3 Å². The summed E-state index contributed by atoms with van der Waals surface area (Å²) in [5, 5.41) is 8.99. The van der Waals surface area contributed by atoms with E-state index in [-0.39, 0.29) is 0 Å². The van der Waals surface area contributed by atoms with E-state index in [0.717, 1.165) is 36.7 Å². The minimum Gasteiger partial charge on any atom is -0.465 e. The number of amides is 1. The molecule has 1 fully saturated rings. The summed E-state index contributed by atoms with van der Waals surface area (Å²) in [6.45, 7) is 4.02. The molecule has 0 bridgehead atoms. The fourth-order valence-corrected chi connectivity index (χ4v) is 2.74. The molecule has 0 saturated carbocycles. The predicted octanol–water partition coefficient (Wildman–Crippen LogP) is 1.11. The van der Waals surface area contributed by atoms with Crippen LogP contribution in [0.3, 0.4) is 0 Å². The molecule has 2 aliphatic rings. The Balaban J connectivity index is 1.72. The second-order valence-corrected chi connectivity index (χ2v) is 5.20. The molecule has 0 unspecified atom stereocenters. The number of rotatable bonds is 2. The number of likely N-dealkylation sites (tertiary alicyclic amines) is 1. The molecule has 0 aliphatic carbocycles. The lowest BCUT2D eigenvalue weighted by Gasteiger charge is -2.25. The lowest BCUT2D eigenvalue weighted by Crippen LogP contribution is -2.35. The number of carbonyl (C=O) groups is 1. The Labute approximate surface area is 112 Å². The number of aromatic nitrogens is 2. The molecule has 19 heavy (non-hydrogen) atoms. The Hall–Kier alpha value is -1.69. The summed E-state index contributed by atoms with van der Waals surface area (Å²) in [6.07, 6.45) is 4.14. The number of carboxylic acid groups (broad SMARTS) is 1. The smallest absolute Gasteiger partial charge is 0.407 e. The molecule has 102 valence electrons. The highest BCUT2D eigenvalue weighted by molar-refractivity contribution is 5.65. The van der Waals surface area contributed by atoms with Crippen LogP contribution >= 0.6 is 0 Å². The van der Waals surface area contributed by atoms with E-state index < -0.39 is 6.09 Å². The van der Waals surface area contributed by atoms with Gasteiger partial charge in [0, 0.05) is 24.7 Å². The van der Waals surface area contributed by atoms with Crippen LogP contribution in [0, 0.1) is 0 Å². The summed E-state index contributed by atoms with van der Waals surface area (Å²) in [5.41, 5.74) is 1.96. The molecule has 6 heteroatoms. The van der Waals surface area contributed by atoms with Gasteiger partial charge in [-0.1, -0.05) is 0 Å². The van der Waals surface area contributed by atoms with Gasteiger partial charge in [0.25, 0.3) is 0 Å². The van der Waals surface area contributed by atoms with Crippen LogP contribution in [0.1, 0.15) is 29.9 Å². The molecule has 1 saturated heterocycles. The van der Waals surface area contributed by atoms with Crippen molar-refractivity contribution in [3.63, 3.8) is 0 Å². The van der Waals surface area contributed by atoms with Crippen molar-refractivity contribution in [1.29, 1.82) is 0 Å². The Morgan fingerprint density at radius 1 is 1.32 bits per heavy atom. The normalized spacial score (nSPS) is 19.5. The summed E-state index contributed by atoms with van der Waals surface area (Å²) in [5.74, 6) is 0.865. The van der Waals surface area contributed by atoms with E-state index >= 15 is 0 Å². The average Bonchev–Trinajstić information content (AvgIpc) is 2.91. The van der Waals surface area contributed by atoms with Gasteiger partial charge in [-0.3, -0.25) is 4.90 Å². The van der Waals surface area contributed by atoms with Crippen LogP contribution in [0.5, 0.6) is 0 Å². The van der Waals surface area contributed by atoms with Gasteiger partial charge >= 0.3 is 6.09 Å². The molecule has 0 spiro atoms. The Morgan fingerprint density at radius 2 is 2.11 bits per heavy atom. The van der Waals surface area contributed by atoms with E-state index in [0.29, 0.717) is 19.5 Å². The lowest BCUT2D eigenvalue weighted by atomic mass is 10.1. The molecule has 6 nitrogen and oxygen atoms in total. The highest BCUT2D eigenvalue weighted by Crippen LogP contribution is 2.17. The van der Waals surface area contributed by atoms with Crippen LogP contribution in [0.4, 0.5) is 4.79 Å². The molecule has 1 N–H and O–H groups in total. The highest BCUT2D eigenvalue weighted by atomic mass is 16.4. The SMILES string of the molecule is O=C(O)N1CCc2nc(CN3CCCC3)ncc2C1. The molecule has 3 heterocycles. The van der Waals surface area contributed by atoms with Gasteiger partial charge in [0.2, 0.25) is 0 Å². The molecule has 2 aliphatic heterocycles. The predicted molar refractivity (Wildman–Crippen MR) is 68.7 cm³/mol. The second kappa shape index (κ2) is 5.13. The summed E-state index contributed by atoms with van der Waals surface area (Å²) in [6, 6.07) is 0. The molecular formula is C13H18N4O2. The fraction of sp³-hybridized carbons (Fsp3) is 0.615. The quantitative estimate of drug-likeness (QED) is 0.864. The summed E-state index contributed by atoms with van der Waals surface area (Å²) in [7, 11) is 0. The Morgan fingerprint density at radius 3 is 2.84 bits per heavy atom. The minimum atomic E-state index is -0.869. The Bertz CT molecular complexity index is 486. The summed E-state index contributed by atoms with van der Waals surface area (Å²) in [4.78, 5) is 23.7. The highest BCUT2D eigenvalue weighted by Gasteiger charge is 2.22. The van der Waals surface area contributed by atoms with Crippen LogP contribution in [-0.2, 0) is 19.5 Å². The van der Waals surface area contributed by atoms with Crippen LogP contribution in [0.2, 0.25) is 0 Å². The standard InChI is InChI=1S/C13H18N4O2/c18-13(19)17-6-3-11-10(8-17)7-14-12(15-11)9-16-4-1-2-5-16/h7H,1-6,8-9H2,(H,18,19). The van der Waals surface area contributed by atoms with E-state index in [1.165, 1.54) is 17.7 Å². The maximum atomic E-state index is 10.9. The van der Waals surface area contributed by atoms with Crippen LogP contribution in [0.15, 0.2) is 6.20 Å². The molecule has 3 rings (SSSR count). The maximum absolute atomic E-state index is 10.9. The van der Waals surface area contributed by atoms with Crippen molar-refractivity contribution in [2.24, 2.45) is 0 Å². The fourth-order valence-electron chi connectivity index (χ4n) is 2.74. The van der Waals surface area contributed by atoms with Crippen LogP contribution < -0.4 is 0 Å².